The normalized spacial score (nSPS) is 19.5. The van der Waals surface area contributed by atoms with E-state index in [1.54, 1.807) is 0 Å². The Morgan fingerprint density at radius 1 is 0.478 bits per heavy atom. The van der Waals surface area contributed by atoms with E-state index in [-0.39, 0.29) is 32.7 Å². The molecule has 0 spiro atoms. The van der Waals surface area contributed by atoms with Crippen LogP contribution in [0.1, 0.15) is 131 Å². The quantitative estimate of drug-likeness (QED) is 0.0669. The summed E-state index contributed by atoms with van der Waals surface area (Å²) in [6, 6.07) is 0. The van der Waals surface area contributed by atoms with E-state index in [1.165, 1.54) is 0 Å². The van der Waals surface area contributed by atoms with Gasteiger partial charge in [-0.2, -0.15) is 0 Å². The molecular weight excluding hydrogens is 600 g/mol. The summed E-state index contributed by atoms with van der Waals surface area (Å²) in [6.07, 6.45) is 1.37. The van der Waals surface area contributed by atoms with E-state index in [9.17, 15) is 24.3 Å². The molecule has 0 aromatic carbocycles. The van der Waals surface area contributed by atoms with Crippen molar-refractivity contribution in [2.75, 3.05) is 19.8 Å². The minimum absolute atomic E-state index is 0.145. The highest BCUT2D eigenvalue weighted by atomic mass is 16.8. The molecule has 0 bridgehead atoms. The first kappa shape index (κ1) is 41.1. The van der Waals surface area contributed by atoms with E-state index in [4.69, 9.17) is 33.2 Å². The van der Waals surface area contributed by atoms with Crippen LogP contribution in [-0.4, -0.2) is 74.0 Å². The third-order valence-electron chi connectivity index (χ3n) is 7.69. The Morgan fingerprint density at radius 2 is 0.761 bits per heavy atom. The number of carboxylic acid groups (broad SMARTS) is 1. The Hall–Kier alpha value is -2.92. The molecule has 268 valence electrons. The van der Waals surface area contributed by atoms with E-state index in [1.807, 2.05) is 0 Å². The van der Waals surface area contributed by atoms with Crippen LogP contribution in [0.15, 0.2) is 0 Å². The predicted octanol–water partition coefficient (Wildman–Crippen LogP) is 9.06. The zero-order valence-electron chi connectivity index (χ0n) is 29.0. The fraction of sp³-hybridized carbons (Fsp3) is 0.882. The molecule has 0 heterocycles. The van der Waals surface area contributed by atoms with Gasteiger partial charge in [0, 0.05) is 12.8 Å². The fourth-order valence-corrected chi connectivity index (χ4v) is 5.12. The maximum atomic E-state index is 12.6. The molecule has 46 heavy (non-hydrogen) atoms. The first-order valence-electron chi connectivity index (χ1n) is 17.3. The van der Waals surface area contributed by atoms with Crippen molar-refractivity contribution < 1.29 is 57.4 Å². The molecule has 0 aliphatic heterocycles. The smallest absolute Gasteiger partial charge is 0.450 e. The summed E-state index contributed by atoms with van der Waals surface area (Å²) in [7, 11) is 0. The summed E-state index contributed by atoms with van der Waals surface area (Å²) in [4.78, 5) is 49.1. The predicted molar refractivity (Wildman–Crippen MR) is 171 cm³/mol. The zero-order chi connectivity index (χ0) is 34.3. The van der Waals surface area contributed by atoms with Gasteiger partial charge in [-0.25, -0.2) is 19.2 Å². The Kier molecular flexibility index (Phi) is 21.7. The lowest BCUT2D eigenvalue weighted by Crippen LogP contribution is -2.51. The van der Waals surface area contributed by atoms with Gasteiger partial charge in [0.25, 0.3) is 0 Å². The molecule has 0 radical (unpaired) electrons. The van der Waals surface area contributed by atoms with Gasteiger partial charge in [0.2, 0.25) is 0 Å². The monoisotopic (exact) mass is 660 g/mol. The zero-order valence-corrected chi connectivity index (χ0v) is 29.0. The lowest BCUT2D eigenvalue weighted by Gasteiger charge is -2.37. The van der Waals surface area contributed by atoms with Crippen molar-refractivity contribution in [1.29, 1.82) is 0 Å². The highest BCUT2D eigenvalue weighted by Gasteiger charge is 2.46. The molecule has 0 aromatic rings. The molecule has 1 aliphatic carbocycles. The summed E-state index contributed by atoms with van der Waals surface area (Å²) >= 11 is 0. The van der Waals surface area contributed by atoms with Gasteiger partial charge in [-0.3, -0.25) is 0 Å². The number of rotatable bonds is 22. The molecule has 1 saturated carbocycles. The first-order chi connectivity index (χ1) is 21.9. The third-order valence-corrected chi connectivity index (χ3v) is 7.69. The van der Waals surface area contributed by atoms with E-state index >= 15 is 0 Å². The first-order valence-corrected chi connectivity index (χ1v) is 17.3. The maximum absolute atomic E-state index is 12.6. The van der Waals surface area contributed by atoms with E-state index in [2.05, 4.69) is 41.5 Å². The Labute approximate surface area is 275 Å². The Bertz CT molecular complexity index is 859. The second-order valence-electron chi connectivity index (χ2n) is 13.4. The van der Waals surface area contributed by atoms with Crippen LogP contribution in [0, 0.1) is 17.8 Å². The lowest BCUT2D eigenvalue weighted by atomic mass is 9.89. The van der Waals surface area contributed by atoms with Gasteiger partial charge in [-0.15, -0.1) is 0 Å². The molecule has 0 amide bonds. The van der Waals surface area contributed by atoms with Crippen LogP contribution < -0.4 is 0 Å². The van der Waals surface area contributed by atoms with Crippen LogP contribution >= 0.6 is 0 Å². The van der Waals surface area contributed by atoms with Crippen LogP contribution in [0.5, 0.6) is 0 Å². The van der Waals surface area contributed by atoms with Crippen LogP contribution in [0.2, 0.25) is 0 Å². The molecular formula is C34H60O12. The van der Waals surface area contributed by atoms with Gasteiger partial charge >= 0.3 is 24.6 Å². The van der Waals surface area contributed by atoms with Crippen molar-refractivity contribution in [3.63, 3.8) is 0 Å². The Morgan fingerprint density at radius 3 is 1.02 bits per heavy atom. The van der Waals surface area contributed by atoms with Crippen LogP contribution in [0.25, 0.3) is 0 Å². The number of hydrogen-bond donors (Lipinski definition) is 1. The largest absolute Gasteiger partial charge is 0.508 e. The summed E-state index contributed by atoms with van der Waals surface area (Å²) < 4.78 is 37.1. The van der Waals surface area contributed by atoms with E-state index < -0.39 is 49.0 Å². The number of hydrogen-bond acceptors (Lipinski definition) is 11. The topological polar surface area (TPSA) is 153 Å². The van der Waals surface area contributed by atoms with Gasteiger partial charge in [0.15, 0.2) is 0 Å². The Balaban J connectivity index is 2.81. The van der Waals surface area contributed by atoms with Crippen molar-refractivity contribution in [2.45, 2.75) is 156 Å². The van der Waals surface area contributed by atoms with Gasteiger partial charge in [0.05, 0.1) is 19.8 Å². The molecule has 12 nitrogen and oxygen atoms in total. The molecule has 12 heteroatoms. The number of carbonyl (C=O) groups is 4. The third kappa shape index (κ3) is 21.0. The van der Waals surface area contributed by atoms with Crippen LogP contribution in [0.3, 0.4) is 0 Å². The van der Waals surface area contributed by atoms with Crippen LogP contribution in [-0.2, 0) is 33.2 Å². The molecule has 0 saturated heterocycles. The maximum Gasteiger partial charge on any atom is 0.508 e. The van der Waals surface area contributed by atoms with Crippen molar-refractivity contribution in [3.8, 4) is 0 Å². The summed E-state index contributed by atoms with van der Waals surface area (Å²) in [5.41, 5.74) is 0. The second-order valence-corrected chi connectivity index (χ2v) is 13.4. The van der Waals surface area contributed by atoms with Gasteiger partial charge in [0.1, 0.15) is 24.4 Å². The van der Waals surface area contributed by atoms with Gasteiger partial charge in [-0.05, 0) is 37.0 Å². The summed E-state index contributed by atoms with van der Waals surface area (Å²) in [6.45, 7) is 13.3. The minimum atomic E-state index is -1.60. The number of ether oxygens (including phenoxy) is 7. The van der Waals surface area contributed by atoms with Crippen molar-refractivity contribution >= 4 is 24.6 Å². The lowest BCUT2D eigenvalue weighted by molar-refractivity contribution is -0.140. The standard InChI is InChI=1S/C34H60O12/c1-24(2)16-10-7-13-19-40-32(37)44-28-23-30(46-34(39)42-21-15-9-12-18-26(5)6)29(22-27(28)43-31(35)36)45-33(38)41-20-14-8-11-17-25(3)4/h24-30H,7-23H2,1-6H3,(H,35,36). The fourth-order valence-electron chi connectivity index (χ4n) is 5.12. The number of unbranched alkanes of at least 4 members (excludes halogenated alkanes) is 6. The molecule has 0 aromatic heterocycles. The molecule has 1 aliphatic rings. The van der Waals surface area contributed by atoms with Crippen molar-refractivity contribution in [3.05, 3.63) is 0 Å². The van der Waals surface area contributed by atoms with Crippen LogP contribution in [0.4, 0.5) is 19.2 Å². The average Bonchev–Trinajstić information content (AvgIpc) is 2.95. The summed E-state index contributed by atoms with van der Waals surface area (Å²) in [5.74, 6) is 1.79. The van der Waals surface area contributed by atoms with Gasteiger partial charge < -0.3 is 38.3 Å². The highest BCUT2D eigenvalue weighted by Crippen LogP contribution is 2.30. The molecule has 4 atom stereocenters. The molecule has 1 fully saturated rings. The second kappa shape index (κ2) is 24.3. The molecule has 1 N–H and O–H groups in total. The van der Waals surface area contributed by atoms with E-state index in [0.29, 0.717) is 37.0 Å². The highest BCUT2D eigenvalue weighted by molar-refractivity contribution is 5.62. The molecule has 4 unspecified atom stereocenters. The van der Waals surface area contributed by atoms with Crippen molar-refractivity contribution in [2.24, 2.45) is 17.8 Å². The number of carbonyl (C=O) groups excluding carboxylic acids is 3. The average molecular weight is 661 g/mol. The van der Waals surface area contributed by atoms with Gasteiger partial charge in [-0.1, -0.05) is 99.3 Å². The van der Waals surface area contributed by atoms with E-state index in [0.717, 1.165) is 57.8 Å². The summed E-state index contributed by atoms with van der Waals surface area (Å²) in [5, 5.41) is 9.34. The van der Waals surface area contributed by atoms with Crippen molar-refractivity contribution in [1.82, 2.24) is 0 Å². The SMILES string of the molecule is CC(C)CCCCCOC(=O)OC1CC(OC(=O)OCCCCCC(C)C)C(OC(=O)OCCCCCC(C)C)CC1OC(=O)O. The molecule has 1 rings (SSSR count). The minimum Gasteiger partial charge on any atom is -0.450 e.